The average molecular weight is 474 g/mol. The molecule has 0 heterocycles. The van der Waals surface area contributed by atoms with E-state index < -0.39 is 68.6 Å². The fraction of sp³-hybridized carbons (Fsp3) is 0.500. The molecule has 1 aromatic carbocycles. The van der Waals surface area contributed by atoms with Gasteiger partial charge in [0.25, 0.3) is 5.69 Å². The van der Waals surface area contributed by atoms with Crippen molar-refractivity contribution in [2.75, 3.05) is 26.2 Å². The van der Waals surface area contributed by atoms with Crippen LogP contribution in [0, 0.1) is 10.1 Å². The van der Waals surface area contributed by atoms with Crippen LogP contribution in [0.1, 0.15) is 27.2 Å². The molecule has 32 heavy (non-hydrogen) atoms. The van der Waals surface area contributed by atoms with Crippen molar-refractivity contribution in [2.24, 2.45) is 0 Å². The van der Waals surface area contributed by atoms with Crippen molar-refractivity contribution in [3.05, 3.63) is 34.4 Å². The zero-order valence-electron chi connectivity index (χ0n) is 17.9. The second-order valence-electron chi connectivity index (χ2n) is 7.49. The van der Waals surface area contributed by atoms with E-state index in [2.05, 4.69) is 10.6 Å². The fourth-order valence-electron chi connectivity index (χ4n) is 2.40. The number of aliphatic carboxylic acids is 1. The third kappa shape index (κ3) is 8.85. The van der Waals surface area contributed by atoms with E-state index in [1.165, 1.54) is 12.1 Å². The molecular formula is C18H26N4O9S. The number of ether oxygens (including phenoxy) is 1. The number of hydrogen-bond donors (Lipinski definition) is 3. The van der Waals surface area contributed by atoms with Crippen LogP contribution in [-0.4, -0.2) is 72.5 Å². The summed E-state index contributed by atoms with van der Waals surface area (Å²) in [5, 5.41) is 25.1. The van der Waals surface area contributed by atoms with Crippen LogP contribution < -0.4 is 10.6 Å². The van der Waals surface area contributed by atoms with Gasteiger partial charge in [0, 0.05) is 32.1 Å². The number of sulfonamides is 1. The third-order valence-electron chi connectivity index (χ3n) is 3.70. The molecule has 0 radical (unpaired) electrons. The minimum Gasteiger partial charge on any atom is -0.480 e. The summed E-state index contributed by atoms with van der Waals surface area (Å²) in [5.74, 6) is -2.10. The van der Waals surface area contributed by atoms with Gasteiger partial charge in [0.1, 0.15) is 12.1 Å². The molecular weight excluding hydrogens is 448 g/mol. The molecule has 0 aliphatic carbocycles. The van der Waals surface area contributed by atoms with E-state index in [-0.39, 0.29) is 13.1 Å². The fourth-order valence-corrected chi connectivity index (χ4v) is 3.94. The summed E-state index contributed by atoms with van der Waals surface area (Å²) in [6.45, 7) is 3.63. The van der Waals surface area contributed by atoms with Gasteiger partial charge in [0.15, 0.2) is 4.90 Å². The Morgan fingerprint density at radius 1 is 1.16 bits per heavy atom. The van der Waals surface area contributed by atoms with Gasteiger partial charge in [-0.05, 0) is 26.8 Å². The Morgan fingerprint density at radius 2 is 1.75 bits per heavy atom. The van der Waals surface area contributed by atoms with Crippen LogP contribution in [0.25, 0.3) is 0 Å². The highest BCUT2D eigenvalue weighted by atomic mass is 32.2. The van der Waals surface area contributed by atoms with Crippen LogP contribution in [0.3, 0.4) is 0 Å². The number of nitro benzene ring substituents is 1. The number of hydrogen-bond acceptors (Lipinski definition) is 8. The molecule has 0 aliphatic heterocycles. The highest BCUT2D eigenvalue weighted by Crippen LogP contribution is 2.26. The smallest absolute Gasteiger partial charge is 0.407 e. The summed E-state index contributed by atoms with van der Waals surface area (Å²) in [4.78, 5) is 44.3. The summed E-state index contributed by atoms with van der Waals surface area (Å²) >= 11 is 0. The number of nitrogens with one attached hydrogen (secondary N) is 2. The van der Waals surface area contributed by atoms with E-state index in [1.54, 1.807) is 20.8 Å². The van der Waals surface area contributed by atoms with E-state index >= 15 is 0 Å². The number of para-hydroxylation sites is 1. The molecule has 3 N–H and O–H groups in total. The first-order chi connectivity index (χ1) is 14.7. The van der Waals surface area contributed by atoms with Crippen LogP contribution in [0.4, 0.5) is 10.5 Å². The van der Waals surface area contributed by atoms with Crippen molar-refractivity contribution in [2.45, 2.75) is 37.7 Å². The molecule has 0 atom stereocenters. The lowest BCUT2D eigenvalue weighted by atomic mass is 10.2. The van der Waals surface area contributed by atoms with E-state index in [0.717, 1.165) is 12.1 Å². The van der Waals surface area contributed by atoms with Gasteiger partial charge in [-0.2, -0.15) is 4.31 Å². The number of rotatable bonds is 11. The minimum atomic E-state index is -4.56. The maximum absolute atomic E-state index is 12.8. The Balaban J connectivity index is 2.73. The minimum absolute atomic E-state index is 0.0217. The monoisotopic (exact) mass is 474 g/mol. The highest BCUT2D eigenvalue weighted by molar-refractivity contribution is 7.89. The van der Waals surface area contributed by atoms with E-state index in [4.69, 9.17) is 9.84 Å². The number of carboxylic acids is 1. The SMILES string of the molecule is CC(C)(C)OC(=O)NCCNC(=O)CCN(CC(=O)O)S(=O)(=O)c1ccccc1[N+](=O)[O-]. The van der Waals surface area contributed by atoms with Gasteiger partial charge in [-0.25, -0.2) is 13.2 Å². The van der Waals surface area contributed by atoms with Gasteiger partial charge in [0.2, 0.25) is 15.9 Å². The van der Waals surface area contributed by atoms with Gasteiger partial charge >= 0.3 is 12.1 Å². The summed E-state index contributed by atoms with van der Waals surface area (Å²) in [6.07, 6.45) is -1.07. The molecule has 178 valence electrons. The van der Waals surface area contributed by atoms with Crippen molar-refractivity contribution in [3.8, 4) is 0 Å². The second kappa shape index (κ2) is 11.4. The lowest BCUT2D eigenvalue weighted by Gasteiger charge is -2.20. The number of alkyl carbamates (subject to hydrolysis) is 1. The molecule has 0 saturated carbocycles. The standard InChI is InChI=1S/C18H26N4O9S/c1-18(2,3)31-17(26)20-10-9-19-15(23)8-11-21(12-16(24)25)32(29,30)14-7-5-4-6-13(14)22(27)28/h4-7H,8-12H2,1-3H3,(H,19,23)(H,20,26)(H,24,25). The normalized spacial score (nSPS) is 11.6. The zero-order valence-corrected chi connectivity index (χ0v) is 18.7. The summed E-state index contributed by atoms with van der Waals surface area (Å²) in [5.41, 5.74) is -1.39. The molecule has 0 aromatic heterocycles. The molecule has 0 unspecified atom stereocenters. The van der Waals surface area contributed by atoms with Crippen LogP contribution in [0.5, 0.6) is 0 Å². The van der Waals surface area contributed by atoms with Gasteiger partial charge in [0.05, 0.1) is 4.92 Å². The lowest BCUT2D eigenvalue weighted by Crippen LogP contribution is -2.40. The number of benzene rings is 1. The summed E-state index contributed by atoms with van der Waals surface area (Å²) in [7, 11) is -4.56. The highest BCUT2D eigenvalue weighted by Gasteiger charge is 2.32. The predicted octanol–water partition coefficient (Wildman–Crippen LogP) is 0.701. The van der Waals surface area contributed by atoms with Crippen molar-refractivity contribution in [3.63, 3.8) is 0 Å². The molecule has 0 spiro atoms. The number of amides is 2. The number of nitrogens with zero attached hydrogens (tertiary/aromatic N) is 2. The van der Waals surface area contributed by atoms with Crippen molar-refractivity contribution >= 4 is 33.7 Å². The Bertz CT molecular complexity index is 957. The zero-order chi connectivity index (χ0) is 24.5. The molecule has 0 fully saturated rings. The Morgan fingerprint density at radius 3 is 2.31 bits per heavy atom. The van der Waals surface area contributed by atoms with Crippen LogP contribution in [0.2, 0.25) is 0 Å². The summed E-state index contributed by atoms with van der Waals surface area (Å²) < 4.78 is 31.1. The Hall–Kier alpha value is -3.26. The lowest BCUT2D eigenvalue weighted by molar-refractivity contribution is -0.387. The Labute approximate surface area is 184 Å². The topological polar surface area (TPSA) is 185 Å². The van der Waals surface area contributed by atoms with Crippen LogP contribution in [0.15, 0.2) is 29.2 Å². The maximum atomic E-state index is 12.8. The molecule has 1 rings (SSSR count). The van der Waals surface area contributed by atoms with Gasteiger partial charge < -0.3 is 20.5 Å². The van der Waals surface area contributed by atoms with Crippen molar-refractivity contribution in [1.82, 2.24) is 14.9 Å². The molecule has 0 aliphatic rings. The Kier molecular flexibility index (Phi) is 9.53. The van der Waals surface area contributed by atoms with Crippen LogP contribution in [-0.2, 0) is 24.3 Å². The maximum Gasteiger partial charge on any atom is 0.407 e. The van der Waals surface area contributed by atoms with E-state index in [9.17, 15) is 32.9 Å². The first-order valence-electron chi connectivity index (χ1n) is 9.43. The quantitative estimate of drug-likeness (QED) is 0.236. The predicted molar refractivity (Wildman–Crippen MR) is 111 cm³/mol. The number of carbonyl (C=O) groups is 3. The first-order valence-corrected chi connectivity index (χ1v) is 10.9. The van der Waals surface area contributed by atoms with Crippen molar-refractivity contribution in [1.29, 1.82) is 0 Å². The van der Waals surface area contributed by atoms with E-state index in [0.29, 0.717) is 4.31 Å². The third-order valence-corrected chi connectivity index (χ3v) is 5.59. The van der Waals surface area contributed by atoms with Crippen LogP contribution >= 0.6 is 0 Å². The molecule has 0 saturated heterocycles. The second-order valence-corrected chi connectivity index (χ2v) is 9.39. The molecule has 0 bridgehead atoms. The number of carbonyl (C=O) groups excluding carboxylic acids is 2. The molecule has 2 amide bonds. The number of carboxylic acid groups (broad SMARTS) is 1. The average Bonchev–Trinajstić information content (AvgIpc) is 2.66. The molecule has 13 nitrogen and oxygen atoms in total. The van der Waals surface area contributed by atoms with Gasteiger partial charge in [-0.1, -0.05) is 12.1 Å². The first kappa shape index (κ1) is 26.8. The molecule has 14 heteroatoms. The largest absolute Gasteiger partial charge is 0.480 e. The number of nitro groups is 1. The van der Waals surface area contributed by atoms with Gasteiger partial charge in [-0.15, -0.1) is 0 Å². The van der Waals surface area contributed by atoms with Crippen molar-refractivity contribution < 1.29 is 37.6 Å². The molecule has 1 aromatic rings. The van der Waals surface area contributed by atoms with E-state index in [1.807, 2.05) is 0 Å². The van der Waals surface area contributed by atoms with Gasteiger partial charge in [-0.3, -0.25) is 19.7 Å². The summed E-state index contributed by atoms with van der Waals surface area (Å²) in [6, 6.07) is 4.52.